The van der Waals surface area contributed by atoms with Crippen LogP contribution in [-0.2, 0) is 14.3 Å². The minimum atomic E-state index is -0.773. The Morgan fingerprint density at radius 1 is 1.67 bits per heavy atom. The van der Waals surface area contributed by atoms with Crippen molar-refractivity contribution in [2.24, 2.45) is 0 Å². The Morgan fingerprint density at radius 2 is 2.33 bits per heavy atom. The second kappa shape index (κ2) is 5.41. The minimum absolute atomic E-state index is 0.177. The van der Waals surface area contributed by atoms with Crippen molar-refractivity contribution in [1.82, 2.24) is 5.32 Å². The van der Waals surface area contributed by atoms with Gasteiger partial charge in [0, 0.05) is 20.5 Å². The van der Waals surface area contributed by atoms with Crippen LogP contribution >= 0.6 is 0 Å². The summed E-state index contributed by atoms with van der Waals surface area (Å²) in [5.74, 6) is -0.257. The van der Waals surface area contributed by atoms with Crippen LogP contribution in [0.3, 0.4) is 0 Å². The third kappa shape index (κ3) is 3.13. The lowest BCUT2D eigenvalue weighted by Gasteiger charge is -2.38. The van der Waals surface area contributed by atoms with E-state index in [4.69, 9.17) is 14.6 Å². The molecule has 88 valence electrons. The second-order valence-corrected chi connectivity index (χ2v) is 3.57. The second-order valence-electron chi connectivity index (χ2n) is 3.57. The normalized spacial score (nSPS) is 36.3. The molecule has 1 heterocycles. The highest BCUT2D eigenvalue weighted by Crippen LogP contribution is 2.20. The summed E-state index contributed by atoms with van der Waals surface area (Å²) < 4.78 is 10.3. The fourth-order valence-corrected chi connectivity index (χ4v) is 1.65. The standard InChI is InChI=1S/C9H17NO5/c1-5(12)10-8-7(13)3-6(4-11)15-9(8)14-2/h6-9,11,13H,3-4H2,1-2H3,(H,10,12). The van der Waals surface area contributed by atoms with E-state index in [1.807, 2.05) is 0 Å². The van der Waals surface area contributed by atoms with Gasteiger partial charge in [0.1, 0.15) is 6.04 Å². The number of aliphatic hydroxyl groups is 2. The van der Waals surface area contributed by atoms with Crippen molar-refractivity contribution in [3.05, 3.63) is 0 Å². The van der Waals surface area contributed by atoms with Crippen LogP contribution in [0.15, 0.2) is 0 Å². The lowest BCUT2D eigenvalue weighted by Crippen LogP contribution is -2.57. The molecule has 0 aromatic carbocycles. The largest absolute Gasteiger partial charge is 0.394 e. The van der Waals surface area contributed by atoms with E-state index in [0.717, 1.165) is 0 Å². The molecule has 1 saturated heterocycles. The predicted molar refractivity (Wildman–Crippen MR) is 51.0 cm³/mol. The van der Waals surface area contributed by atoms with Gasteiger partial charge in [-0.15, -0.1) is 0 Å². The Bertz CT molecular complexity index is 223. The van der Waals surface area contributed by atoms with Gasteiger partial charge in [0.05, 0.1) is 18.8 Å². The van der Waals surface area contributed by atoms with Crippen LogP contribution in [0.5, 0.6) is 0 Å². The zero-order valence-corrected chi connectivity index (χ0v) is 8.84. The highest BCUT2D eigenvalue weighted by atomic mass is 16.7. The first kappa shape index (κ1) is 12.4. The van der Waals surface area contributed by atoms with Crippen molar-refractivity contribution in [1.29, 1.82) is 0 Å². The molecular weight excluding hydrogens is 202 g/mol. The molecule has 1 rings (SSSR count). The molecule has 0 spiro atoms. The number of hydrogen-bond donors (Lipinski definition) is 3. The van der Waals surface area contributed by atoms with Crippen LogP contribution in [0.2, 0.25) is 0 Å². The molecule has 4 atom stereocenters. The van der Waals surface area contributed by atoms with Crippen molar-refractivity contribution in [3.63, 3.8) is 0 Å². The van der Waals surface area contributed by atoms with E-state index < -0.39 is 24.5 Å². The number of rotatable bonds is 3. The molecule has 6 heteroatoms. The van der Waals surface area contributed by atoms with Crippen molar-refractivity contribution >= 4 is 5.91 Å². The Morgan fingerprint density at radius 3 is 2.80 bits per heavy atom. The summed E-state index contributed by atoms with van der Waals surface area (Å²) in [6.07, 6.45) is -1.67. The van der Waals surface area contributed by atoms with E-state index in [-0.39, 0.29) is 18.9 Å². The number of carbonyl (C=O) groups excluding carboxylic acids is 1. The highest BCUT2D eigenvalue weighted by molar-refractivity contribution is 5.73. The summed E-state index contributed by atoms with van der Waals surface area (Å²) in [5, 5.41) is 21.2. The molecule has 0 bridgehead atoms. The summed E-state index contributed by atoms with van der Waals surface area (Å²) >= 11 is 0. The average molecular weight is 219 g/mol. The van der Waals surface area contributed by atoms with Gasteiger partial charge in [-0.3, -0.25) is 4.79 Å². The Labute approximate surface area is 88.2 Å². The first-order chi connectivity index (χ1) is 7.08. The summed E-state index contributed by atoms with van der Waals surface area (Å²) in [5.41, 5.74) is 0. The van der Waals surface area contributed by atoms with E-state index in [2.05, 4.69) is 5.32 Å². The van der Waals surface area contributed by atoms with E-state index in [1.54, 1.807) is 0 Å². The molecule has 0 radical (unpaired) electrons. The van der Waals surface area contributed by atoms with E-state index in [1.165, 1.54) is 14.0 Å². The van der Waals surface area contributed by atoms with Gasteiger partial charge >= 0.3 is 0 Å². The smallest absolute Gasteiger partial charge is 0.217 e. The third-order valence-electron chi connectivity index (χ3n) is 2.34. The van der Waals surface area contributed by atoms with Gasteiger partial charge in [-0.25, -0.2) is 0 Å². The van der Waals surface area contributed by atoms with Crippen LogP contribution in [0.1, 0.15) is 13.3 Å². The maximum Gasteiger partial charge on any atom is 0.217 e. The number of hydrogen-bond acceptors (Lipinski definition) is 5. The summed E-state index contributed by atoms with van der Waals surface area (Å²) in [4.78, 5) is 10.9. The molecule has 6 nitrogen and oxygen atoms in total. The molecule has 1 aliphatic heterocycles. The highest BCUT2D eigenvalue weighted by Gasteiger charge is 2.38. The number of nitrogens with one attached hydrogen (secondary N) is 1. The van der Waals surface area contributed by atoms with Crippen LogP contribution in [0.25, 0.3) is 0 Å². The Balaban J connectivity index is 2.64. The fourth-order valence-electron chi connectivity index (χ4n) is 1.65. The van der Waals surface area contributed by atoms with Gasteiger partial charge < -0.3 is 25.0 Å². The van der Waals surface area contributed by atoms with E-state index in [9.17, 15) is 9.90 Å². The monoisotopic (exact) mass is 219 g/mol. The first-order valence-electron chi connectivity index (χ1n) is 4.82. The quantitative estimate of drug-likeness (QED) is 0.543. The molecule has 1 aliphatic rings. The van der Waals surface area contributed by atoms with E-state index in [0.29, 0.717) is 0 Å². The molecular formula is C9H17NO5. The average Bonchev–Trinajstić information content (AvgIpc) is 2.20. The molecule has 1 amide bonds. The first-order valence-corrected chi connectivity index (χ1v) is 4.82. The van der Waals surface area contributed by atoms with Crippen molar-refractivity contribution in [2.45, 2.75) is 37.9 Å². The number of amides is 1. The number of methoxy groups -OCH3 is 1. The van der Waals surface area contributed by atoms with Crippen molar-refractivity contribution < 1.29 is 24.5 Å². The zero-order valence-electron chi connectivity index (χ0n) is 8.84. The number of aliphatic hydroxyl groups excluding tert-OH is 2. The van der Waals surface area contributed by atoms with Crippen LogP contribution in [0, 0.1) is 0 Å². The lowest BCUT2D eigenvalue weighted by molar-refractivity contribution is -0.226. The van der Waals surface area contributed by atoms with Crippen molar-refractivity contribution in [3.8, 4) is 0 Å². The summed E-state index contributed by atoms with van der Waals surface area (Å²) in [6.45, 7) is 1.18. The zero-order chi connectivity index (χ0) is 11.4. The molecule has 4 unspecified atom stereocenters. The minimum Gasteiger partial charge on any atom is -0.394 e. The van der Waals surface area contributed by atoms with Gasteiger partial charge in [-0.1, -0.05) is 0 Å². The summed E-state index contributed by atoms with van der Waals surface area (Å²) in [7, 11) is 1.42. The molecule has 0 aromatic rings. The van der Waals surface area contributed by atoms with Gasteiger partial charge in [-0.2, -0.15) is 0 Å². The SMILES string of the molecule is COC1OC(CO)CC(O)C1NC(C)=O. The molecule has 15 heavy (non-hydrogen) atoms. The van der Waals surface area contributed by atoms with Crippen LogP contribution < -0.4 is 5.32 Å². The number of carbonyl (C=O) groups is 1. The van der Waals surface area contributed by atoms with Crippen LogP contribution in [-0.4, -0.2) is 54.4 Å². The maximum atomic E-state index is 10.9. The lowest BCUT2D eigenvalue weighted by atomic mass is 10.0. The molecule has 0 aliphatic carbocycles. The van der Waals surface area contributed by atoms with Gasteiger partial charge in [0.25, 0.3) is 0 Å². The van der Waals surface area contributed by atoms with Gasteiger partial charge in [0.2, 0.25) is 5.91 Å². The molecule has 1 fully saturated rings. The van der Waals surface area contributed by atoms with Crippen LogP contribution in [0.4, 0.5) is 0 Å². The maximum absolute atomic E-state index is 10.9. The summed E-state index contributed by atoms with van der Waals surface area (Å²) in [6, 6.07) is -0.588. The number of ether oxygens (including phenoxy) is 2. The van der Waals surface area contributed by atoms with Gasteiger partial charge in [-0.05, 0) is 0 Å². The topological polar surface area (TPSA) is 88.0 Å². The predicted octanol–water partition coefficient (Wildman–Crippen LogP) is -1.39. The van der Waals surface area contributed by atoms with Gasteiger partial charge in [0.15, 0.2) is 6.29 Å². The van der Waals surface area contributed by atoms with Crippen molar-refractivity contribution in [2.75, 3.05) is 13.7 Å². The molecule has 0 aromatic heterocycles. The van der Waals surface area contributed by atoms with E-state index >= 15 is 0 Å². The Hall–Kier alpha value is -0.690. The molecule has 3 N–H and O–H groups in total. The molecule has 0 saturated carbocycles. The third-order valence-corrected chi connectivity index (χ3v) is 2.34. The fraction of sp³-hybridized carbons (Fsp3) is 0.889. The Kier molecular flexibility index (Phi) is 4.46.